The largest absolute Gasteiger partial charge is 0.342 e. The Morgan fingerprint density at radius 3 is 2.21 bits per heavy atom. The Labute approximate surface area is 175 Å². The van der Waals surface area contributed by atoms with Gasteiger partial charge in [0, 0.05) is 37.5 Å². The summed E-state index contributed by atoms with van der Waals surface area (Å²) in [5.74, 6) is -0.180. The molecule has 154 valence electrons. The lowest BCUT2D eigenvalue weighted by Crippen LogP contribution is -2.52. The molecule has 2 aromatic rings. The summed E-state index contributed by atoms with van der Waals surface area (Å²) in [6.45, 7) is 4.05. The van der Waals surface area contributed by atoms with Crippen molar-refractivity contribution in [3.63, 3.8) is 0 Å². The molecule has 1 aliphatic rings. The quantitative estimate of drug-likeness (QED) is 0.758. The summed E-state index contributed by atoms with van der Waals surface area (Å²) in [6.07, 6.45) is 2.25. The molecule has 0 unspecified atom stereocenters. The second kappa shape index (κ2) is 10.2. The van der Waals surface area contributed by atoms with Crippen molar-refractivity contribution in [2.24, 2.45) is 0 Å². The van der Waals surface area contributed by atoms with Crippen molar-refractivity contribution in [1.29, 1.82) is 0 Å². The Morgan fingerprint density at radius 1 is 0.931 bits per heavy atom. The lowest BCUT2D eigenvalue weighted by molar-refractivity contribution is -0.139. The lowest BCUT2D eigenvalue weighted by atomic mass is 10.1. The smallest absolute Gasteiger partial charge is 0.261 e. The number of hydrogen-bond acceptors (Lipinski definition) is 4. The van der Waals surface area contributed by atoms with Crippen LogP contribution in [0.15, 0.2) is 42.5 Å². The molecule has 29 heavy (non-hydrogen) atoms. The molecule has 1 N–H and O–H groups in total. The molecule has 6 nitrogen and oxygen atoms in total. The van der Waals surface area contributed by atoms with Crippen molar-refractivity contribution in [2.45, 2.75) is 26.2 Å². The van der Waals surface area contributed by atoms with Gasteiger partial charge in [-0.05, 0) is 37.5 Å². The number of thiophene rings is 1. The summed E-state index contributed by atoms with van der Waals surface area (Å²) in [4.78, 5) is 42.1. The lowest BCUT2D eigenvalue weighted by Gasteiger charge is -2.35. The van der Waals surface area contributed by atoms with Crippen LogP contribution in [-0.4, -0.2) is 60.2 Å². The molecule has 1 aliphatic heterocycles. The van der Waals surface area contributed by atoms with E-state index in [1.807, 2.05) is 36.1 Å². The Hall–Kier alpha value is -2.67. The Balaban J connectivity index is 1.35. The van der Waals surface area contributed by atoms with Crippen LogP contribution in [0.3, 0.4) is 0 Å². The molecule has 0 bridgehead atoms. The summed E-state index contributed by atoms with van der Waals surface area (Å²) < 4.78 is 0. The van der Waals surface area contributed by atoms with E-state index in [9.17, 15) is 14.4 Å². The summed E-state index contributed by atoms with van der Waals surface area (Å²) >= 11 is 1.41. The van der Waals surface area contributed by atoms with Gasteiger partial charge in [-0.1, -0.05) is 30.3 Å². The Kier molecular flexibility index (Phi) is 7.41. The molecule has 0 radical (unpaired) electrons. The molecule has 0 saturated carbocycles. The topological polar surface area (TPSA) is 69.7 Å². The van der Waals surface area contributed by atoms with E-state index in [0.717, 1.165) is 17.7 Å². The molecule has 3 rings (SSSR count). The molecule has 0 spiro atoms. The van der Waals surface area contributed by atoms with Crippen molar-refractivity contribution in [3.8, 4) is 0 Å². The minimum Gasteiger partial charge on any atom is -0.342 e. The van der Waals surface area contributed by atoms with Crippen LogP contribution in [0, 0.1) is 6.92 Å². The summed E-state index contributed by atoms with van der Waals surface area (Å²) in [5.41, 5.74) is 1.25. The van der Waals surface area contributed by atoms with Gasteiger partial charge in [0.25, 0.3) is 5.91 Å². The van der Waals surface area contributed by atoms with Crippen LogP contribution in [0.4, 0.5) is 0 Å². The normalized spacial score (nSPS) is 14.0. The predicted octanol–water partition coefficient (Wildman–Crippen LogP) is 2.48. The number of benzene rings is 1. The number of nitrogens with zero attached hydrogens (tertiary/aromatic N) is 2. The Morgan fingerprint density at radius 2 is 1.59 bits per heavy atom. The number of hydrogen-bond donors (Lipinski definition) is 1. The summed E-state index contributed by atoms with van der Waals surface area (Å²) in [7, 11) is 0. The van der Waals surface area contributed by atoms with E-state index in [1.54, 1.807) is 11.0 Å². The van der Waals surface area contributed by atoms with Gasteiger partial charge in [0.1, 0.15) is 0 Å². The van der Waals surface area contributed by atoms with Crippen LogP contribution in [0.2, 0.25) is 0 Å². The molecule has 0 aliphatic carbocycles. The molecular formula is C22H27N3O3S. The van der Waals surface area contributed by atoms with Crippen molar-refractivity contribution in [1.82, 2.24) is 15.1 Å². The van der Waals surface area contributed by atoms with Gasteiger partial charge < -0.3 is 15.1 Å². The first kappa shape index (κ1) is 21.0. The molecule has 3 amide bonds. The zero-order chi connectivity index (χ0) is 20.6. The number of piperazine rings is 1. The van der Waals surface area contributed by atoms with Crippen LogP contribution in [0.5, 0.6) is 0 Å². The summed E-state index contributed by atoms with van der Waals surface area (Å²) in [5, 5.41) is 2.69. The van der Waals surface area contributed by atoms with Crippen molar-refractivity contribution >= 4 is 29.1 Å². The molecule has 1 aromatic carbocycles. The second-order valence-electron chi connectivity index (χ2n) is 7.19. The molecule has 1 aromatic heterocycles. The number of amides is 3. The van der Waals surface area contributed by atoms with E-state index in [4.69, 9.17) is 0 Å². The highest BCUT2D eigenvalue weighted by Gasteiger charge is 2.24. The third-order valence-electron chi connectivity index (χ3n) is 5.05. The van der Waals surface area contributed by atoms with Crippen LogP contribution < -0.4 is 5.32 Å². The molecule has 1 saturated heterocycles. The average molecular weight is 414 g/mol. The van der Waals surface area contributed by atoms with Gasteiger partial charge in [0.05, 0.1) is 11.4 Å². The first-order valence-corrected chi connectivity index (χ1v) is 10.8. The fourth-order valence-corrected chi connectivity index (χ4v) is 4.15. The van der Waals surface area contributed by atoms with E-state index < -0.39 is 0 Å². The van der Waals surface area contributed by atoms with E-state index in [-0.39, 0.29) is 24.3 Å². The second-order valence-corrected chi connectivity index (χ2v) is 8.48. The third-order valence-corrected chi connectivity index (χ3v) is 6.05. The predicted molar refractivity (Wildman–Crippen MR) is 114 cm³/mol. The van der Waals surface area contributed by atoms with Gasteiger partial charge in [0.15, 0.2) is 0 Å². The van der Waals surface area contributed by atoms with Gasteiger partial charge in [-0.15, -0.1) is 11.3 Å². The van der Waals surface area contributed by atoms with Gasteiger partial charge in [-0.2, -0.15) is 0 Å². The first-order chi connectivity index (χ1) is 14.0. The van der Waals surface area contributed by atoms with Crippen molar-refractivity contribution in [3.05, 3.63) is 57.8 Å². The molecule has 0 atom stereocenters. The third kappa shape index (κ3) is 6.15. The number of rotatable bonds is 7. The maximum absolute atomic E-state index is 12.4. The highest BCUT2D eigenvalue weighted by molar-refractivity contribution is 7.13. The highest BCUT2D eigenvalue weighted by atomic mass is 32.1. The maximum atomic E-state index is 12.4. The number of carbonyl (C=O) groups excluding carboxylic acids is 3. The molecular weight excluding hydrogens is 386 g/mol. The molecule has 7 heteroatoms. The van der Waals surface area contributed by atoms with Crippen molar-refractivity contribution < 1.29 is 14.4 Å². The van der Waals surface area contributed by atoms with E-state index in [0.29, 0.717) is 37.5 Å². The molecule has 2 heterocycles. The van der Waals surface area contributed by atoms with E-state index in [1.165, 1.54) is 16.9 Å². The van der Waals surface area contributed by atoms with Gasteiger partial charge in [0.2, 0.25) is 11.8 Å². The van der Waals surface area contributed by atoms with E-state index in [2.05, 4.69) is 17.4 Å². The van der Waals surface area contributed by atoms with Crippen LogP contribution in [-0.2, 0) is 16.0 Å². The Bertz CT molecular complexity index is 842. The average Bonchev–Trinajstić information content (AvgIpc) is 3.19. The number of carbonyl (C=O) groups is 3. The SMILES string of the molecule is Cc1ccc(C(=O)NCC(=O)N2CCN(C(=O)CCCc3ccccc3)CC2)s1. The fraction of sp³-hybridized carbons (Fsp3) is 0.409. The monoisotopic (exact) mass is 413 g/mol. The van der Waals surface area contributed by atoms with Crippen LogP contribution in [0.25, 0.3) is 0 Å². The van der Waals surface area contributed by atoms with Crippen LogP contribution in [0.1, 0.15) is 33.0 Å². The molecule has 1 fully saturated rings. The highest BCUT2D eigenvalue weighted by Crippen LogP contribution is 2.14. The number of nitrogens with one attached hydrogen (secondary N) is 1. The zero-order valence-electron chi connectivity index (χ0n) is 16.7. The fourth-order valence-electron chi connectivity index (χ4n) is 3.36. The number of aryl methyl sites for hydroxylation is 2. The summed E-state index contributed by atoms with van der Waals surface area (Å²) in [6, 6.07) is 13.8. The van der Waals surface area contributed by atoms with Gasteiger partial charge in [-0.3, -0.25) is 14.4 Å². The minimum atomic E-state index is -0.219. The first-order valence-electron chi connectivity index (χ1n) is 9.97. The van der Waals surface area contributed by atoms with E-state index >= 15 is 0 Å². The van der Waals surface area contributed by atoms with Crippen molar-refractivity contribution in [2.75, 3.05) is 32.7 Å². The minimum absolute atomic E-state index is 0.0131. The maximum Gasteiger partial charge on any atom is 0.261 e. The zero-order valence-corrected chi connectivity index (χ0v) is 17.5. The van der Waals surface area contributed by atoms with Gasteiger partial charge >= 0.3 is 0 Å². The van der Waals surface area contributed by atoms with Crippen LogP contribution >= 0.6 is 11.3 Å². The van der Waals surface area contributed by atoms with Gasteiger partial charge in [-0.25, -0.2) is 0 Å². The standard InChI is InChI=1S/C22H27N3O3S/c1-17-10-11-19(29-17)22(28)23-16-21(27)25-14-12-24(13-15-25)20(26)9-5-8-18-6-3-2-4-7-18/h2-4,6-7,10-11H,5,8-9,12-16H2,1H3,(H,23,28).